The molecule has 0 bridgehead atoms. The third kappa shape index (κ3) is 5.91. The predicted octanol–water partition coefficient (Wildman–Crippen LogP) is 2.87. The Kier molecular flexibility index (Phi) is 6.58. The summed E-state index contributed by atoms with van der Waals surface area (Å²) in [7, 11) is 0. The number of nitrogens with zero attached hydrogens (tertiary/aromatic N) is 2. The average molecular weight is 336 g/mol. The van der Waals surface area contributed by atoms with E-state index in [0.29, 0.717) is 10.7 Å². The fourth-order valence-electron chi connectivity index (χ4n) is 1.69. The molecule has 23 heavy (non-hydrogen) atoms. The summed E-state index contributed by atoms with van der Waals surface area (Å²) in [6.45, 7) is 8.96. The fraction of sp³-hybridized carbons (Fsp3) is 0.500. The SMILES string of the molecule is CCOC(=O)c1cc(C#N)c(SCC(=O)OC(C)(C)C)nc1C. The maximum absolute atomic E-state index is 11.8. The van der Waals surface area contributed by atoms with E-state index in [1.165, 1.54) is 6.07 Å². The second-order valence-electron chi connectivity index (χ2n) is 5.68. The van der Waals surface area contributed by atoms with Gasteiger partial charge in [0, 0.05) is 0 Å². The van der Waals surface area contributed by atoms with Crippen LogP contribution in [0.4, 0.5) is 0 Å². The number of hydrogen-bond donors (Lipinski definition) is 0. The lowest BCUT2D eigenvalue weighted by Gasteiger charge is -2.19. The lowest BCUT2D eigenvalue weighted by molar-refractivity contribution is -0.151. The predicted molar refractivity (Wildman–Crippen MR) is 86.2 cm³/mol. The number of nitriles is 1. The molecule has 0 unspecified atom stereocenters. The van der Waals surface area contributed by atoms with Crippen LogP contribution >= 0.6 is 11.8 Å². The zero-order chi connectivity index (χ0) is 17.6. The van der Waals surface area contributed by atoms with Crippen molar-refractivity contribution < 1.29 is 19.1 Å². The van der Waals surface area contributed by atoms with Gasteiger partial charge in [0.2, 0.25) is 0 Å². The molecule has 0 N–H and O–H groups in total. The Labute approximate surface area is 140 Å². The molecule has 0 aliphatic carbocycles. The summed E-state index contributed by atoms with van der Waals surface area (Å²) >= 11 is 1.11. The third-order valence-electron chi connectivity index (χ3n) is 2.54. The van der Waals surface area contributed by atoms with Crippen molar-refractivity contribution in [2.24, 2.45) is 0 Å². The van der Waals surface area contributed by atoms with Gasteiger partial charge in [-0.1, -0.05) is 11.8 Å². The molecule has 0 aromatic carbocycles. The molecule has 0 aliphatic heterocycles. The molecule has 1 aromatic rings. The van der Waals surface area contributed by atoms with E-state index in [-0.39, 0.29) is 29.5 Å². The first-order chi connectivity index (χ1) is 10.7. The Balaban J connectivity index is 2.92. The van der Waals surface area contributed by atoms with Crippen LogP contribution in [0.3, 0.4) is 0 Å². The Hall–Kier alpha value is -2.07. The van der Waals surface area contributed by atoms with Crippen LogP contribution in [0.5, 0.6) is 0 Å². The number of ether oxygens (including phenoxy) is 2. The van der Waals surface area contributed by atoms with Gasteiger partial charge in [-0.2, -0.15) is 5.26 Å². The monoisotopic (exact) mass is 336 g/mol. The molecule has 6 nitrogen and oxygen atoms in total. The molecule has 1 rings (SSSR count). The molecule has 1 aromatic heterocycles. The summed E-state index contributed by atoms with van der Waals surface area (Å²) < 4.78 is 10.1. The molecule has 0 atom stereocenters. The Morgan fingerprint density at radius 1 is 1.39 bits per heavy atom. The normalized spacial score (nSPS) is 10.8. The molecule has 0 aliphatic rings. The smallest absolute Gasteiger partial charge is 0.340 e. The van der Waals surface area contributed by atoms with Crippen molar-refractivity contribution in [1.82, 2.24) is 4.98 Å². The molecular weight excluding hydrogens is 316 g/mol. The van der Waals surface area contributed by atoms with E-state index in [9.17, 15) is 14.9 Å². The minimum Gasteiger partial charge on any atom is -0.462 e. The van der Waals surface area contributed by atoms with Crippen molar-refractivity contribution >= 4 is 23.7 Å². The molecule has 0 saturated carbocycles. The van der Waals surface area contributed by atoms with Crippen molar-refractivity contribution in [3.8, 4) is 6.07 Å². The van der Waals surface area contributed by atoms with Crippen molar-refractivity contribution in [3.05, 3.63) is 22.9 Å². The molecule has 124 valence electrons. The zero-order valence-corrected chi connectivity index (χ0v) is 14.7. The first-order valence-corrected chi connectivity index (χ1v) is 8.10. The van der Waals surface area contributed by atoms with Gasteiger partial charge < -0.3 is 9.47 Å². The molecule has 0 spiro atoms. The van der Waals surface area contributed by atoms with E-state index < -0.39 is 11.6 Å². The number of thioether (sulfide) groups is 1. The molecule has 7 heteroatoms. The van der Waals surface area contributed by atoms with E-state index in [1.807, 2.05) is 6.07 Å². The Morgan fingerprint density at radius 2 is 2.04 bits per heavy atom. The van der Waals surface area contributed by atoms with Gasteiger partial charge in [-0.05, 0) is 40.7 Å². The molecular formula is C16H20N2O4S. The highest BCUT2D eigenvalue weighted by molar-refractivity contribution is 7.99. The first-order valence-electron chi connectivity index (χ1n) is 7.11. The summed E-state index contributed by atoms with van der Waals surface area (Å²) in [6, 6.07) is 3.43. The quantitative estimate of drug-likeness (QED) is 0.603. The molecule has 0 fully saturated rings. The number of aryl methyl sites for hydroxylation is 1. The lowest BCUT2D eigenvalue weighted by atomic mass is 10.1. The first kappa shape index (κ1) is 19.0. The maximum Gasteiger partial charge on any atom is 0.340 e. The molecule has 0 saturated heterocycles. The topological polar surface area (TPSA) is 89.3 Å². The van der Waals surface area contributed by atoms with Gasteiger partial charge in [0.05, 0.1) is 29.2 Å². The average Bonchev–Trinajstić information content (AvgIpc) is 2.43. The summed E-state index contributed by atoms with van der Waals surface area (Å²) in [5.74, 6) is -0.866. The van der Waals surface area contributed by atoms with Gasteiger partial charge in [0.1, 0.15) is 16.7 Å². The van der Waals surface area contributed by atoms with Crippen LogP contribution in [0.1, 0.15) is 49.3 Å². The summed E-state index contributed by atoms with van der Waals surface area (Å²) in [5, 5.41) is 9.62. The van der Waals surface area contributed by atoms with Crippen molar-refractivity contribution in [2.75, 3.05) is 12.4 Å². The second kappa shape index (κ2) is 7.97. The highest BCUT2D eigenvalue weighted by Crippen LogP contribution is 2.24. The highest BCUT2D eigenvalue weighted by Gasteiger charge is 2.19. The number of esters is 2. The Morgan fingerprint density at radius 3 is 2.57 bits per heavy atom. The summed E-state index contributed by atoms with van der Waals surface area (Å²) in [6.07, 6.45) is 0. The molecule has 0 radical (unpaired) electrons. The van der Waals surface area contributed by atoms with Gasteiger partial charge in [-0.15, -0.1) is 0 Å². The zero-order valence-electron chi connectivity index (χ0n) is 13.9. The second-order valence-corrected chi connectivity index (χ2v) is 6.65. The largest absolute Gasteiger partial charge is 0.462 e. The number of hydrogen-bond acceptors (Lipinski definition) is 7. The van der Waals surface area contributed by atoms with E-state index in [1.54, 1.807) is 34.6 Å². The van der Waals surface area contributed by atoms with Gasteiger partial charge in [0.25, 0.3) is 0 Å². The van der Waals surface area contributed by atoms with Crippen molar-refractivity contribution in [1.29, 1.82) is 5.26 Å². The number of aromatic nitrogens is 1. The van der Waals surface area contributed by atoms with Crippen LogP contribution in [0.15, 0.2) is 11.1 Å². The van der Waals surface area contributed by atoms with Crippen LogP contribution in [0.25, 0.3) is 0 Å². The summed E-state index contributed by atoms with van der Waals surface area (Å²) in [5.41, 5.74) is 0.374. The summed E-state index contributed by atoms with van der Waals surface area (Å²) in [4.78, 5) is 27.8. The molecule has 1 heterocycles. The van der Waals surface area contributed by atoms with Crippen LogP contribution in [-0.4, -0.2) is 34.9 Å². The van der Waals surface area contributed by atoms with E-state index in [4.69, 9.17) is 9.47 Å². The lowest BCUT2D eigenvalue weighted by Crippen LogP contribution is -2.25. The van der Waals surface area contributed by atoms with E-state index in [0.717, 1.165) is 11.8 Å². The van der Waals surface area contributed by atoms with Crippen LogP contribution in [0, 0.1) is 18.3 Å². The van der Waals surface area contributed by atoms with Crippen LogP contribution in [0.2, 0.25) is 0 Å². The maximum atomic E-state index is 11.8. The highest BCUT2D eigenvalue weighted by atomic mass is 32.2. The van der Waals surface area contributed by atoms with Gasteiger partial charge in [0.15, 0.2) is 0 Å². The van der Waals surface area contributed by atoms with Crippen LogP contribution < -0.4 is 0 Å². The Bertz CT molecular complexity index is 645. The number of carbonyl (C=O) groups is 2. The molecule has 0 amide bonds. The standard InChI is InChI=1S/C16H20N2O4S/c1-6-21-15(20)12-7-11(8-17)14(18-10(12)2)23-9-13(19)22-16(3,4)5/h7H,6,9H2,1-5H3. The van der Waals surface area contributed by atoms with E-state index in [2.05, 4.69) is 4.98 Å². The number of pyridine rings is 1. The van der Waals surface area contributed by atoms with Gasteiger partial charge in [-0.3, -0.25) is 4.79 Å². The van der Waals surface area contributed by atoms with Crippen molar-refractivity contribution in [2.45, 2.75) is 45.2 Å². The minimum atomic E-state index is -0.563. The van der Waals surface area contributed by atoms with Crippen LogP contribution in [-0.2, 0) is 14.3 Å². The van der Waals surface area contributed by atoms with E-state index >= 15 is 0 Å². The van der Waals surface area contributed by atoms with Gasteiger partial charge >= 0.3 is 11.9 Å². The fourth-order valence-corrected chi connectivity index (χ4v) is 2.46. The number of carbonyl (C=O) groups excluding carboxylic acids is 2. The minimum absolute atomic E-state index is 0.0388. The third-order valence-corrected chi connectivity index (χ3v) is 3.51. The van der Waals surface area contributed by atoms with Gasteiger partial charge in [-0.25, -0.2) is 9.78 Å². The van der Waals surface area contributed by atoms with Crippen molar-refractivity contribution in [3.63, 3.8) is 0 Å². The number of rotatable bonds is 5.